The predicted octanol–water partition coefficient (Wildman–Crippen LogP) is 0.301. The van der Waals surface area contributed by atoms with Crippen molar-refractivity contribution in [3.63, 3.8) is 0 Å². The van der Waals surface area contributed by atoms with Gasteiger partial charge < -0.3 is 5.32 Å². The van der Waals surface area contributed by atoms with Gasteiger partial charge in [-0.1, -0.05) is 5.21 Å². The molecule has 0 radical (unpaired) electrons. The number of nitrogens with one attached hydrogen (secondary N) is 1. The van der Waals surface area contributed by atoms with Crippen LogP contribution in [0.15, 0.2) is 0 Å². The molecule has 4 nitrogen and oxygen atoms in total. The summed E-state index contributed by atoms with van der Waals surface area (Å²) in [5, 5.41) is 11.8. The molecular formula is C9H14N4. The summed E-state index contributed by atoms with van der Waals surface area (Å²) >= 11 is 0. The molecule has 0 spiro atoms. The number of rotatable bonds is 1. The predicted molar refractivity (Wildman–Crippen MR) is 48.6 cm³/mol. The molecule has 70 valence electrons. The van der Waals surface area contributed by atoms with E-state index in [-0.39, 0.29) is 0 Å². The van der Waals surface area contributed by atoms with E-state index in [0.29, 0.717) is 6.04 Å². The van der Waals surface area contributed by atoms with E-state index in [1.54, 1.807) is 0 Å². The molecule has 1 aliphatic heterocycles. The van der Waals surface area contributed by atoms with E-state index in [2.05, 4.69) is 20.3 Å². The quantitative estimate of drug-likeness (QED) is 0.672. The van der Waals surface area contributed by atoms with Crippen LogP contribution in [-0.2, 0) is 12.8 Å². The Morgan fingerprint density at radius 3 is 2.85 bits per heavy atom. The summed E-state index contributed by atoms with van der Waals surface area (Å²) in [5.74, 6) is 0. The fourth-order valence-electron chi connectivity index (χ4n) is 2.12. The van der Waals surface area contributed by atoms with Gasteiger partial charge in [0.05, 0.1) is 17.4 Å². The van der Waals surface area contributed by atoms with E-state index in [9.17, 15) is 0 Å². The third kappa shape index (κ3) is 1.09. The van der Waals surface area contributed by atoms with Gasteiger partial charge in [0.15, 0.2) is 0 Å². The fourth-order valence-corrected chi connectivity index (χ4v) is 2.12. The molecule has 4 heteroatoms. The molecule has 3 rings (SSSR count). The minimum atomic E-state index is 0.578. The average molecular weight is 178 g/mol. The molecule has 0 bridgehead atoms. The highest BCUT2D eigenvalue weighted by Crippen LogP contribution is 2.22. The van der Waals surface area contributed by atoms with Crippen molar-refractivity contribution in [3.8, 4) is 0 Å². The van der Waals surface area contributed by atoms with Crippen molar-refractivity contribution in [1.82, 2.24) is 20.3 Å². The Kier molecular flexibility index (Phi) is 1.62. The monoisotopic (exact) mass is 178 g/mol. The Hall–Kier alpha value is -0.900. The summed E-state index contributed by atoms with van der Waals surface area (Å²) in [5.41, 5.74) is 2.65. The lowest BCUT2D eigenvalue weighted by Crippen LogP contribution is -2.44. The van der Waals surface area contributed by atoms with Gasteiger partial charge in [0.1, 0.15) is 0 Å². The molecule has 1 saturated heterocycles. The number of aryl methyl sites for hydroxylation is 1. The summed E-state index contributed by atoms with van der Waals surface area (Å²) in [4.78, 5) is 0. The van der Waals surface area contributed by atoms with Gasteiger partial charge in [-0.05, 0) is 25.7 Å². The normalized spacial score (nSPS) is 22.5. The molecule has 0 unspecified atom stereocenters. The molecular weight excluding hydrogens is 164 g/mol. The first-order valence-corrected chi connectivity index (χ1v) is 5.09. The van der Waals surface area contributed by atoms with E-state index in [4.69, 9.17) is 0 Å². The van der Waals surface area contributed by atoms with Crippen LogP contribution in [-0.4, -0.2) is 28.1 Å². The Balaban J connectivity index is 1.95. The maximum atomic E-state index is 4.25. The molecule has 1 fully saturated rings. The van der Waals surface area contributed by atoms with Crippen LogP contribution in [0, 0.1) is 0 Å². The standard InChI is InChI=1S/C9H14N4/c1-2-4-9-8(3-1)11-12-13(9)7-5-10-6-7/h7,10H,1-6H2. The minimum absolute atomic E-state index is 0.578. The van der Waals surface area contributed by atoms with Crippen molar-refractivity contribution in [3.05, 3.63) is 11.4 Å². The molecule has 1 aromatic heterocycles. The van der Waals surface area contributed by atoms with Crippen LogP contribution in [0.1, 0.15) is 30.3 Å². The molecule has 1 N–H and O–H groups in total. The van der Waals surface area contributed by atoms with Crippen molar-refractivity contribution in [2.75, 3.05) is 13.1 Å². The highest BCUT2D eigenvalue weighted by Gasteiger charge is 2.25. The van der Waals surface area contributed by atoms with Gasteiger partial charge >= 0.3 is 0 Å². The molecule has 2 aliphatic rings. The zero-order chi connectivity index (χ0) is 8.67. The topological polar surface area (TPSA) is 42.7 Å². The molecule has 0 aromatic carbocycles. The number of fused-ring (bicyclic) bond motifs is 1. The number of aromatic nitrogens is 3. The number of hydrogen-bond donors (Lipinski definition) is 1. The molecule has 2 heterocycles. The molecule has 1 aromatic rings. The second-order valence-electron chi connectivity index (χ2n) is 3.95. The lowest BCUT2D eigenvalue weighted by molar-refractivity contribution is 0.304. The van der Waals surface area contributed by atoms with Gasteiger partial charge in [-0.2, -0.15) is 0 Å². The molecule has 0 saturated carbocycles. The molecule has 0 atom stereocenters. The van der Waals surface area contributed by atoms with E-state index in [1.165, 1.54) is 30.7 Å². The van der Waals surface area contributed by atoms with Crippen molar-refractivity contribution >= 4 is 0 Å². The zero-order valence-electron chi connectivity index (χ0n) is 7.66. The molecule has 13 heavy (non-hydrogen) atoms. The van der Waals surface area contributed by atoms with E-state index < -0.39 is 0 Å². The van der Waals surface area contributed by atoms with Gasteiger partial charge in [-0.15, -0.1) is 5.10 Å². The highest BCUT2D eigenvalue weighted by molar-refractivity contribution is 5.14. The maximum Gasteiger partial charge on any atom is 0.0859 e. The van der Waals surface area contributed by atoms with Crippen LogP contribution in [0.2, 0.25) is 0 Å². The Morgan fingerprint density at radius 1 is 1.23 bits per heavy atom. The Labute approximate surface area is 77.3 Å². The SMILES string of the molecule is C1CCc2c(nnn2C2CNC2)C1. The first kappa shape index (κ1) is 7.50. The number of nitrogens with zero attached hydrogens (tertiary/aromatic N) is 3. The summed E-state index contributed by atoms with van der Waals surface area (Å²) in [6.07, 6.45) is 4.91. The van der Waals surface area contributed by atoms with Gasteiger partial charge in [-0.25, -0.2) is 4.68 Å². The Bertz CT molecular complexity index is 313. The van der Waals surface area contributed by atoms with E-state index in [1.807, 2.05) is 0 Å². The minimum Gasteiger partial charge on any atom is -0.312 e. The van der Waals surface area contributed by atoms with Crippen molar-refractivity contribution in [2.24, 2.45) is 0 Å². The first-order valence-electron chi connectivity index (χ1n) is 5.09. The lowest BCUT2D eigenvalue weighted by Gasteiger charge is -2.28. The van der Waals surface area contributed by atoms with E-state index in [0.717, 1.165) is 19.5 Å². The molecule has 0 amide bonds. The third-order valence-electron chi connectivity index (χ3n) is 3.05. The van der Waals surface area contributed by atoms with Crippen molar-refractivity contribution in [1.29, 1.82) is 0 Å². The van der Waals surface area contributed by atoms with Crippen LogP contribution in [0.4, 0.5) is 0 Å². The van der Waals surface area contributed by atoms with Crippen molar-refractivity contribution < 1.29 is 0 Å². The fraction of sp³-hybridized carbons (Fsp3) is 0.778. The zero-order valence-corrected chi connectivity index (χ0v) is 7.66. The average Bonchev–Trinajstić information content (AvgIpc) is 2.47. The van der Waals surface area contributed by atoms with Gasteiger partial charge in [0.25, 0.3) is 0 Å². The summed E-state index contributed by atoms with van der Waals surface area (Å²) in [6, 6.07) is 0.578. The summed E-state index contributed by atoms with van der Waals surface area (Å²) in [7, 11) is 0. The lowest BCUT2D eigenvalue weighted by atomic mass is 10.0. The Morgan fingerprint density at radius 2 is 2.08 bits per heavy atom. The third-order valence-corrected chi connectivity index (χ3v) is 3.05. The summed E-state index contributed by atoms with van der Waals surface area (Å²) in [6.45, 7) is 2.13. The second kappa shape index (κ2) is 2.80. The first-order chi connectivity index (χ1) is 6.45. The smallest absolute Gasteiger partial charge is 0.0859 e. The van der Waals surface area contributed by atoms with Gasteiger partial charge in [0, 0.05) is 13.1 Å². The maximum absolute atomic E-state index is 4.25. The van der Waals surface area contributed by atoms with E-state index >= 15 is 0 Å². The largest absolute Gasteiger partial charge is 0.312 e. The van der Waals surface area contributed by atoms with Crippen molar-refractivity contribution in [2.45, 2.75) is 31.7 Å². The molecule has 1 aliphatic carbocycles. The van der Waals surface area contributed by atoms with Crippen LogP contribution in [0.25, 0.3) is 0 Å². The summed E-state index contributed by atoms with van der Waals surface area (Å²) < 4.78 is 2.14. The van der Waals surface area contributed by atoms with Gasteiger partial charge in [-0.3, -0.25) is 0 Å². The second-order valence-corrected chi connectivity index (χ2v) is 3.95. The van der Waals surface area contributed by atoms with Crippen LogP contribution in [0.5, 0.6) is 0 Å². The van der Waals surface area contributed by atoms with Crippen LogP contribution in [0.3, 0.4) is 0 Å². The van der Waals surface area contributed by atoms with Crippen LogP contribution < -0.4 is 5.32 Å². The highest BCUT2D eigenvalue weighted by atomic mass is 15.5. The number of hydrogen-bond acceptors (Lipinski definition) is 3. The van der Waals surface area contributed by atoms with Gasteiger partial charge in [0.2, 0.25) is 0 Å². The van der Waals surface area contributed by atoms with Crippen LogP contribution >= 0.6 is 0 Å².